The maximum absolute atomic E-state index is 13.7. The minimum absolute atomic E-state index is 0.123. The van der Waals surface area contributed by atoms with Gasteiger partial charge in [0, 0.05) is 25.3 Å². The standard InChI is InChI=1S/C22H22FN5O/c1-2-28-20(18-12-16-11-17(23)7-8-19(16)24-21(18)29)25-26-22(28)27-10-9-14-5-3-4-6-15(14)13-27/h3-8,11,18H,2,9-10,12-13H2,1H3,(H,24,29). The van der Waals surface area contributed by atoms with Crippen molar-refractivity contribution in [1.82, 2.24) is 14.8 Å². The summed E-state index contributed by atoms with van der Waals surface area (Å²) in [6.07, 6.45) is 1.37. The van der Waals surface area contributed by atoms with Gasteiger partial charge in [-0.05, 0) is 54.7 Å². The molecule has 6 nitrogen and oxygen atoms in total. The van der Waals surface area contributed by atoms with E-state index in [9.17, 15) is 9.18 Å². The molecule has 0 saturated heterocycles. The second kappa shape index (κ2) is 6.99. The Labute approximate surface area is 168 Å². The number of aromatic nitrogens is 3. The molecule has 2 aliphatic heterocycles. The van der Waals surface area contributed by atoms with Crippen LogP contribution in [0.2, 0.25) is 0 Å². The summed E-state index contributed by atoms with van der Waals surface area (Å²) in [5.74, 6) is 0.510. The fourth-order valence-corrected chi connectivity index (χ4v) is 4.36. The Hall–Kier alpha value is -3.22. The molecule has 0 aliphatic carbocycles. The Morgan fingerprint density at radius 1 is 1.14 bits per heavy atom. The highest BCUT2D eigenvalue weighted by Gasteiger charge is 2.33. The van der Waals surface area contributed by atoms with E-state index < -0.39 is 5.92 Å². The molecular weight excluding hydrogens is 369 g/mol. The largest absolute Gasteiger partial charge is 0.336 e. The molecule has 1 N–H and O–H groups in total. The second-order valence-corrected chi connectivity index (χ2v) is 7.59. The van der Waals surface area contributed by atoms with Crippen molar-refractivity contribution in [2.45, 2.75) is 38.8 Å². The van der Waals surface area contributed by atoms with E-state index in [2.05, 4.69) is 44.7 Å². The number of hydrogen-bond acceptors (Lipinski definition) is 4. The molecule has 1 atom stereocenters. The number of fused-ring (bicyclic) bond motifs is 2. The highest BCUT2D eigenvalue weighted by molar-refractivity contribution is 5.98. The van der Waals surface area contributed by atoms with Crippen LogP contribution >= 0.6 is 0 Å². The van der Waals surface area contributed by atoms with Crippen LogP contribution in [0, 0.1) is 5.82 Å². The quantitative estimate of drug-likeness (QED) is 0.744. The number of carbonyl (C=O) groups is 1. The van der Waals surface area contributed by atoms with E-state index in [1.807, 2.05) is 11.5 Å². The van der Waals surface area contributed by atoms with Gasteiger partial charge in [0.1, 0.15) is 17.6 Å². The number of amides is 1. The van der Waals surface area contributed by atoms with Crippen molar-refractivity contribution < 1.29 is 9.18 Å². The van der Waals surface area contributed by atoms with Crippen LogP contribution in [-0.4, -0.2) is 27.2 Å². The van der Waals surface area contributed by atoms with Crippen LogP contribution in [0.5, 0.6) is 0 Å². The third kappa shape index (κ3) is 3.06. The summed E-state index contributed by atoms with van der Waals surface area (Å²) in [7, 11) is 0. The summed E-state index contributed by atoms with van der Waals surface area (Å²) in [4.78, 5) is 15.0. The van der Waals surface area contributed by atoms with Crippen LogP contribution in [0.3, 0.4) is 0 Å². The Bertz CT molecular complexity index is 1090. The minimum Gasteiger partial charge on any atom is -0.336 e. The summed E-state index contributed by atoms with van der Waals surface area (Å²) >= 11 is 0. The van der Waals surface area contributed by atoms with Crippen molar-refractivity contribution in [1.29, 1.82) is 0 Å². The normalized spacial score (nSPS) is 18.2. The van der Waals surface area contributed by atoms with Gasteiger partial charge < -0.3 is 10.2 Å². The third-order valence-corrected chi connectivity index (χ3v) is 5.87. The van der Waals surface area contributed by atoms with Gasteiger partial charge in [-0.1, -0.05) is 24.3 Å². The van der Waals surface area contributed by atoms with Gasteiger partial charge in [0.05, 0.1) is 0 Å². The fraction of sp³-hybridized carbons (Fsp3) is 0.318. The van der Waals surface area contributed by atoms with Crippen LogP contribution in [-0.2, 0) is 30.7 Å². The van der Waals surface area contributed by atoms with E-state index in [-0.39, 0.29) is 11.7 Å². The number of nitrogens with zero attached hydrogens (tertiary/aromatic N) is 4. The lowest BCUT2D eigenvalue weighted by Crippen LogP contribution is -2.34. The zero-order chi connectivity index (χ0) is 20.0. The van der Waals surface area contributed by atoms with Gasteiger partial charge in [0.15, 0.2) is 0 Å². The van der Waals surface area contributed by atoms with Crippen molar-refractivity contribution in [2.24, 2.45) is 0 Å². The first-order valence-corrected chi connectivity index (χ1v) is 9.98. The molecule has 0 bridgehead atoms. The monoisotopic (exact) mass is 391 g/mol. The lowest BCUT2D eigenvalue weighted by atomic mass is 9.92. The molecule has 1 unspecified atom stereocenters. The average molecular weight is 391 g/mol. The van der Waals surface area contributed by atoms with Crippen LogP contribution in [0.15, 0.2) is 42.5 Å². The van der Waals surface area contributed by atoms with E-state index in [1.165, 1.54) is 23.3 Å². The van der Waals surface area contributed by atoms with E-state index in [0.29, 0.717) is 24.5 Å². The minimum atomic E-state index is -0.484. The maximum Gasteiger partial charge on any atom is 0.235 e. The predicted octanol–water partition coefficient (Wildman–Crippen LogP) is 3.28. The number of carbonyl (C=O) groups excluding carboxylic acids is 1. The fourth-order valence-electron chi connectivity index (χ4n) is 4.36. The van der Waals surface area contributed by atoms with Crippen molar-refractivity contribution in [3.05, 3.63) is 70.8 Å². The summed E-state index contributed by atoms with van der Waals surface area (Å²) in [6.45, 7) is 4.33. The molecule has 3 heterocycles. The topological polar surface area (TPSA) is 63.1 Å². The van der Waals surface area contributed by atoms with E-state index in [0.717, 1.165) is 31.0 Å². The first kappa shape index (κ1) is 17.8. The molecule has 29 heavy (non-hydrogen) atoms. The molecular formula is C22H22FN5O. The van der Waals surface area contributed by atoms with E-state index in [1.54, 1.807) is 6.07 Å². The Balaban J connectivity index is 1.47. The van der Waals surface area contributed by atoms with Gasteiger partial charge in [-0.15, -0.1) is 10.2 Å². The highest BCUT2D eigenvalue weighted by atomic mass is 19.1. The molecule has 2 aliphatic rings. The van der Waals surface area contributed by atoms with Gasteiger partial charge >= 0.3 is 0 Å². The highest BCUT2D eigenvalue weighted by Crippen LogP contribution is 2.33. The van der Waals surface area contributed by atoms with Gasteiger partial charge in [-0.3, -0.25) is 9.36 Å². The Morgan fingerprint density at radius 3 is 2.79 bits per heavy atom. The van der Waals surface area contributed by atoms with Crippen molar-refractivity contribution in [3.63, 3.8) is 0 Å². The summed E-state index contributed by atoms with van der Waals surface area (Å²) < 4.78 is 15.7. The summed E-state index contributed by atoms with van der Waals surface area (Å²) in [6, 6.07) is 12.9. The number of hydrogen-bond donors (Lipinski definition) is 1. The van der Waals surface area contributed by atoms with Crippen LogP contribution in [0.25, 0.3) is 0 Å². The Morgan fingerprint density at radius 2 is 1.97 bits per heavy atom. The summed E-state index contributed by atoms with van der Waals surface area (Å²) in [5.41, 5.74) is 4.12. The third-order valence-electron chi connectivity index (χ3n) is 5.87. The number of rotatable bonds is 3. The SMILES string of the molecule is CCn1c(C2Cc3cc(F)ccc3NC2=O)nnc1N1CCc2ccccc2C1. The maximum atomic E-state index is 13.7. The number of halogens is 1. The number of benzene rings is 2. The van der Waals surface area contributed by atoms with Crippen LogP contribution < -0.4 is 10.2 Å². The molecule has 3 aromatic rings. The number of anilines is 2. The zero-order valence-corrected chi connectivity index (χ0v) is 16.2. The molecule has 148 valence electrons. The first-order valence-electron chi connectivity index (χ1n) is 9.98. The molecule has 7 heteroatoms. The average Bonchev–Trinajstić information content (AvgIpc) is 3.17. The molecule has 0 radical (unpaired) electrons. The molecule has 0 saturated carbocycles. The van der Waals surface area contributed by atoms with Gasteiger partial charge in [0.25, 0.3) is 0 Å². The smallest absolute Gasteiger partial charge is 0.235 e. The molecule has 0 spiro atoms. The molecule has 0 fully saturated rings. The number of nitrogens with one attached hydrogen (secondary N) is 1. The van der Waals surface area contributed by atoms with Crippen molar-refractivity contribution in [3.8, 4) is 0 Å². The molecule has 5 rings (SSSR count). The molecule has 1 amide bonds. The zero-order valence-electron chi connectivity index (χ0n) is 16.2. The lowest BCUT2D eigenvalue weighted by Gasteiger charge is -2.30. The van der Waals surface area contributed by atoms with Gasteiger partial charge in [0.2, 0.25) is 11.9 Å². The van der Waals surface area contributed by atoms with Crippen LogP contribution in [0.1, 0.15) is 35.4 Å². The van der Waals surface area contributed by atoms with Gasteiger partial charge in [-0.2, -0.15) is 0 Å². The van der Waals surface area contributed by atoms with Crippen molar-refractivity contribution in [2.75, 3.05) is 16.8 Å². The second-order valence-electron chi connectivity index (χ2n) is 7.59. The van der Waals surface area contributed by atoms with Gasteiger partial charge in [-0.25, -0.2) is 4.39 Å². The van der Waals surface area contributed by atoms with Crippen molar-refractivity contribution >= 4 is 17.5 Å². The van der Waals surface area contributed by atoms with E-state index >= 15 is 0 Å². The first-order chi connectivity index (χ1) is 14.1. The van der Waals surface area contributed by atoms with E-state index in [4.69, 9.17) is 0 Å². The molecule has 1 aromatic heterocycles. The Kier molecular flexibility index (Phi) is 4.30. The lowest BCUT2D eigenvalue weighted by molar-refractivity contribution is -0.118. The van der Waals surface area contributed by atoms with Crippen LogP contribution in [0.4, 0.5) is 16.0 Å². The predicted molar refractivity (Wildman–Crippen MR) is 108 cm³/mol. The summed E-state index contributed by atoms with van der Waals surface area (Å²) in [5, 5.41) is 11.7. The molecule has 2 aromatic carbocycles.